The summed E-state index contributed by atoms with van der Waals surface area (Å²) in [6.45, 7) is 8.09. The monoisotopic (exact) mass is 445 g/mol. The fraction of sp³-hybridized carbons (Fsp3) is 0.478. The third kappa shape index (κ3) is 4.48. The summed E-state index contributed by atoms with van der Waals surface area (Å²) in [4.78, 5) is 15.0. The highest BCUT2D eigenvalue weighted by Gasteiger charge is 2.33. The van der Waals surface area contributed by atoms with E-state index in [1.807, 2.05) is 0 Å². The van der Waals surface area contributed by atoms with Crippen LogP contribution in [0.2, 0.25) is 5.02 Å². The zero-order chi connectivity index (χ0) is 22.1. The number of likely N-dealkylation sites (tertiary alicyclic amines) is 1. The molecule has 2 atom stereocenters. The first-order chi connectivity index (χ1) is 14.8. The number of anilines is 1. The van der Waals surface area contributed by atoms with E-state index in [9.17, 15) is 9.18 Å². The SMILES string of the molecule is C=C(NC(=O)c1cnn(C2CCCC2)c1N)[C@@H]1CN(Cc2c(F)cccc2Cl)C[C@H]1C. The third-order valence-electron chi connectivity index (χ3n) is 6.60. The number of halogens is 2. The number of carbonyl (C=O) groups is 1. The summed E-state index contributed by atoms with van der Waals surface area (Å²) in [6, 6.07) is 5.01. The molecule has 1 saturated carbocycles. The van der Waals surface area contributed by atoms with Crippen molar-refractivity contribution in [3.8, 4) is 0 Å². The van der Waals surface area contributed by atoms with Crippen molar-refractivity contribution in [1.29, 1.82) is 0 Å². The van der Waals surface area contributed by atoms with Crippen LogP contribution in [-0.4, -0.2) is 33.7 Å². The maximum atomic E-state index is 14.2. The van der Waals surface area contributed by atoms with Crippen LogP contribution in [0.4, 0.5) is 10.2 Å². The number of nitrogens with one attached hydrogen (secondary N) is 1. The fourth-order valence-corrected chi connectivity index (χ4v) is 5.07. The first-order valence-corrected chi connectivity index (χ1v) is 11.2. The second-order valence-corrected chi connectivity index (χ2v) is 9.19. The number of nitrogens with zero attached hydrogens (tertiary/aromatic N) is 3. The van der Waals surface area contributed by atoms with Crippen LogP contribution in [0.1, 0.15) is 54.6 Å². The molecule has 4 rings (SSSR count). The zero-order valence-electron chi connectivity index (χ0n) is 17.8. The van der Waals surface area contributed by atoms with Crippen molar-refractivity contribution in [2.75, 3.05) is 18.8 Å². The highest BCUT2D eigenvalue weighted by molar-refractivity contribution is 6.31. The van der Waals surface area contributed by atoms with E-state index >= 15 is 0 Å². The molecule has 2 aromatic rings. The van der Waals surface area contributed by atoms with Crippen LogP contribution in [0.15, 0.2) is 36.7 Å². The van der Waals surface area contributed by atoms with Gasteiger partial charge in [-0.25, -0.2) is 9.07 Å². The molecular weight excluding hydrogens is 417 g/mol. The Morgan fingerprint density at radius 2 is 2.10 bits per heavy atom. The Hall–Kier alpha value is -2.38. The molecule has 1 saturated heterocycles. The number of nitrogen functional groups attached to an aromatic ring is 1. The van der Waals surface area contributed by atoms with E-state index in [0.717, 1.165) is 32.2 Å². The second kappa shape index (κ2) is 9.01. The van der Waals surface area contributed by atoms with Gasteiger partial charge in [-0.05, 0) is 30.9 Å². The van der Waals surface area contributed by atoms with Crippen LogP contribution in [0.5, 0.6) is 0 Å². The van der Waals surface area contributed by atoms with E-state index in [4.69, 9.17) is 17.3 Å². The van der Waals surface area contributed by atoms with Crippen molar-refractivity contribution >= 4 is 23.3 Å². The van der Waals surface area contributed by atoms with Crippen LogP contribution in [-0.2, 0) is 6.54 Å². The molecule has 0 unspecified atom stereocenters. The summed E-state index contributed by atoms with van der Waals surface area (Å²) in [6.07, 6.45) is 5.95. The van der Waals surface area contributed by atoms with Gasteiger partial charge in [0.15, 0.2) is 0 Å². The van der Waals surface area contributed by atoms with Gasteiger partial charge in [0.05, 0.1) is 12.2 Å². The topological polar surface area (TPSA) is 76.2 Å². The maximum Gasteiger partial charge on any atom is 0.260 e. The van der Waals surface area contributed by atoms with Crippen molar-refractivity contribution < 1.29 is 9.18 Å². The lowest BCUT2D eigenvalue weighted by molar-refractivity contribution is 0.0961. The largest absolute Gasteiger partial charge is 0.383 e. The number of aromatic nitrogens is 2. The number of hydrogen-bond acceptors (Lipinski definition) is 4. The molecule has 2 fully saturated rings. The molecule has 1 aromatic heterocycles. The predicted molar refractivity (Wildman–Crippen MR) is 120 cm³/mol. The fourth-order valence-electron chi connectivity index (χ4n) is 4.85. The van der Waals surface area contributed by atoms with Gasteiger partial charge >= 0.3 is 0 Å². The quantitative estimate of drug-likeness (QED) is 0.691. The number of amides is 1. The van der Waals surface area contributed by atoms with Crippen LogP contribution in [0, 0.1) is 17.7 Å². The Labute approximate surface area is 187 Å². The zero-order valence-corrected chi connectivity index (χ0v) is 18.5. The van der Waals surface area contributed by atoms with E-state index in [1.165, 1.54) is 6.07 Å². The molecule has 1 amide bonds. The van der Waals surface area contributed by atoms with Crippen molar-refractivity contribution in [1.82, 2.24) is 20.0 Å². The molecular formula is C23H29ClFN5O. The van der Waals surface area contributed by atoms with E-state index in [-0.39, 0.29) is 29.6 Å². The molecule has 0 radical (unpaired) electrons. The van der Waals surface area contributed by atoms with Gasteiger partial charge in [-0.15, -0.1) is 0 Å². The number of hydrogen-bond donors (Lipinski definition) is 2. The number of rotatable bonds is 6. The summed E-state index contributed by atoms with van der Waals surface area (Å²) in [5.74, 6) is 0.144. The molecule has 2 aliphatic rings. The summed E-state index contributed by atoms with van der Waals surface area (Å²) in [5.41, 5.74) is 7.76. The Bertz CT molecular complexity index is 964. The molecule has 1 aromatic carbocycles. The standard InChI is InChI=1S/C23H29ClFN5O/c1-14-11-29(13-19-20(24)8-5-9-21(19)25)12-18(14)15(2)28-23(31)17-10-27-30(22(17)26)16-6-3-4-7-16/h5,8-10,14,16,18H,2-4,6-7,11-13,26H2,1H3,(H,28,31)/t14-,18-/m1/s1. The average Bonchev–Trinajstić information content (AvgIpc) is 3.45. The molecule has 6 nitrogen and oxygen atoms in total. The highest BCUT2D eigenvalue weighted by atomic mass is 35.5. The van der Waals surface area contributed by atoms with Crippen LogP contribution >= 0.6 is 11.6 Å². The molecule has 1 aliphatic heterocycles. The smallest absolute Gasteiger partial charge is 0.260 e. The van der Waals surface area contributed by atoms with E-state index < -0.39 is 0 Å². The third-order valence-corrected chi connectivity index (χ3v) is 6.96. The highest BCUT2D eigenvalue weighted by Crippen LogP contribution is 2.33. The van der Waals surface area contributed by atoms with Crippen LogP contribution in [0.3, 0.4) is 0 Å². The minimum Gasteiger partial charge on any atom is -0.383 e. The van der Waals surface area contributed by atoms with Gasteiger partial charge in [0, 0.05) is 41.8 Å². The summed E-state index contributed by atoms with van der Waals surface area (Å²) in [5, 5.41) is 7.71. The molecule has 0 bridgehead atoms. The minimum absolute atomic E-state index is 0.0561. The lowest BCUT2D eigenvalue weighted by Crippen LogP contribution is -2.30. The van der Waals surface area contributed by atoms with E-state index in [2.05, 4.69) is 28.8 Å². The van der Waals surface area contributed by atoms with Gasteiger partial charge < -0.3 is 11.1 Å². The van der Waals surface area contributed by atoms with Crippen LogP contribution < -0.4 is 11.1 Å². The minimum atomic E-state index is -0.300. The lowest BCUT2D eigenvalue weighted by Gasteiger charge is -2.19. The van der Waals surface area contributed by atoms with Gasteiger partial charge in [0.1, 0.15) is 17.2 Å². The predicted octanol–water partition coefficient (Wildman–Crippen LogP) is 4.38. The normalized spacial score (nSPS) is 22.2. The number of nitrogens with two attached hydrogens (primary N) is 1. The Morgan fingerprint density at radius 1 is 1.35 bits per heavy atom. The molecule has 31 heavy (non-hydrogen) atoms. The first kappa shape index (κ1) is 21.8. The van der Waals surface area contributed by atoms with Gasteiger partial charge in [0.2, 0.25) is 0 Å². The van der Waals surface area contributed by atoms with E-state index in [0.29, 0.717) is 40.8 Å². The second-order valence-electron chi connectivity index (χ2n) is 8.78. The van der Waals surface area contributed by atoms with Crippen molar-refractivity contribution in [3.63, 3.8) is 0 Å². The lowest BCUT2D eigenvalue weighted by atomic mass is 9.95. The first-order valence-electron chi connectivity index (χ1n) is 10.8. The number of benzene rings is 1. The summed E-state index contributed by atoms with van der Waals surface area (Å²) < 4.78 is 15.9. The number of carbonyl (C=O) groups excluding carboxylic acids is 1. The van der Waals surface area contributed by atoms with Crippen molar-refractivity contribution in [3.05, 3.63) is 58.6 Å². The molecule has 2 heterocycles. The Morgan fingerprint density at radius 3 is 2.81 bits per heavy atom. The van der Waals surface area contributed by atoms with Gasteiger partial charge in [-0.3, -0.25) is 9.69 Å². The van der Waals surface area contributed by atoms with Gasteiger partial charge in [0.25, 0.3) is 5.91 Å². The maximum absolute atomic E-state index is 14.2. The molecule has 1 aliphatic carbocycles. The summed E-state index contributed by atoms with van der Waals surface area (Å²) >= 11 is 6.18. The van der Waals surface area contributed by atoms with Gasteiger partial charge in [-0.1, -0.05) is 44.0 Å². The van der Waals surface area contributed by atoms with Crippen molar-refractivity contribution in [2.24, 2.45) is 11.8 Å². The van der Waals surface area contributed by atoms with E-state index in [1.54, 1.807) is 23.0 Å². The Balaban J connectivity index is 1.39. The Kier molecular flexibility index (Phi) is 6.34. The van der Waals surface area contributed by atoms with Gasteiger partial charge in [-0.2, -0.15) is 5.10 Å². The molecule has 166 valence electrons. The average molecular weight is 446 g/mol. The summed E-state index contributed by atoms with van der Waals surface area (Å²) in [7, 11) is 0. The molecule has 0 spiro atoms. The molecule has 8 heteroatoms. The molecule has 3 N–H and O–H groups in total. The van der Waals surface area contributed by atoms with Crippen molar-refractivity contribution in [2.45, 2.75) is 45.2 Å². The van der Waals surface area contributed by atoms with Crippen LogP contribution in [0.25, 0.3) is 0 Å².